The molecule has 0 spiro atoms. The summed E-state index contributed by atoms with van der Waals surface area (Å²) in [5.41, 5.74) is 25.5. The third-order valence-electron chi connectivity index (χ3n) is 26.5. The third-order valence-corrected chi connectivity index (χ3v) is 26.5. The maximum absolute atomic E-state index is 2.36. The van der Waals surface area contributed by atoms with Gasteiger partial charge in [0.1, 0.15) is 0 Å². The van der Waals surface area contributed by atoms with Gasteiger partial charge in [-0.25, -0.2) is 0 Å². The standard InChI is InChI=1S/C49H34N2.C43H32N2.C36H30N2/c1-50(47-30-29-45-43-20-9-16-35-15-8-19-42(48(35)43)44-21-10-22-46(47)49(44)45)38-25-27-39(28-26-38)51(41-24-23-34-13-5-6-14-36(34)32-41)40-18-7-17-37(31-40)33-11-3-2-4-12-33;1-44(43-30-35-16-7-8-19-40(35)41-20-9-10-21-42(41)43)36-24-26-37(27-25-36)45(39-23-22-32-14-5-6-15-33(32)29-39)38-18-11-17-34(28-38)31-12-3-2-4-13-31;1-27-15-18-32(19-16-27)37(2)33-21-23-34(24-22-33)38(36-20-17-29-11-6-7-12-30(29)26-36)35-14-8-13-31(25-35)28-9-4-3-5-10-28/h2-32H,1H3;2-30H,1H3;3-26H,1-2H3. The lowest BCUT2D eigenvalue weighted by molar-refractivity contribution is 1.20. The first-order chi connectivity index (χ1) is 66.1. The molecule has 0 N–H and O–H groups in total. The molecular weight excluding hydrogens is 1620 g/mol. The van der Waals surface area contributed by atoms with Crippen LogP contribution >= 0.6 is 0 Å². The Labute approximate surface area is 782 Å². The zero-order chi connectivity index (χ0) is 90.0. The second-order valence-electron chi connectivity index (χ2n) is 34.6. The van der Waals surface area contributed by atoms with Gasteiger partial charge in [-0.3, -0.25) is 0 Å². The molecule has 0 aliphatic carbocycles. The van der Waals surface area contributed by atoms with Gasteiger partial charge < -0.3 is 29.4 Å². The van der Waals surface area contributed by atoms with Gasteiger partial charge in [0.05, 0.1) is 0 Å². The Bertz CT molecular complexity index is 8320. The molecular formula is C128H96N6. The first-order valence-corrected chi connectivity index (χ1v) is 46.0. The number of nitrogens with zero attached hydrogens (tertiary/aromatic N) is 6. The van der Waals surface area contributed by atoms with Crippen molar-refractivity contribution in [3.05, 3.63) is 515 Å². The maximum atomic E-state index is 2.36. The molecule has 0 amide bonds. The van der Waals surface area contributed by atoms with Gasteiger partial charge in [0.25, 0.3) is 0 Å². The van der Waals surface area contributed by atoms with Crippen LogP contribution in [-0.2, 0) is 0 Å². The number of anilines is 15. The van der Waals surface area contributed by atoms with Crippen LogP contribution in [0, 0.1) is 6.92 Å². The van der Waals surface area contributed by atoms with E-state index in [2.05, 4.69) is 567 Å². The molecule has 0 radical (unpaired) electrons. The minimum Gasteiger partial charge on any atom is -0.345 e. The smallest absolute Gasteiger partial charge is 0.0494 e. The Hall–Kier alpha value is -17.3. The Morgan fingerprint density at radius 3 is 0.836 bits per heavy atom. The average Bonchev–Trinajstić information content (AvgIpc) is 0.714. The van der Waals surface area contributed by atoms with Gasteiger partial charge in [-0.2, -0.15) is 0 Å². The summed E-state index contributed by atoms with van der Waals surface area (Å²) in [5.74, 6) is 0. The van der Waals surface area contributed by atoms with E-state index in [1.165, 1.54) is 153 Å². The quantitative estimate of drug-likeness (QED) is 0.0625. The summed E-state index contributed by atoms with van der Waals surface area (Å²) in [6.45, 7) is 2.12. The van der Waals surface area contributed by atoms with Crippen LogP contribution < -0.4 is 29.4 Å². The van der Waals surface area contributed by atoms with E-state index >= 15 is 0 Å². The molecule has 6 heteroatoms. The fourth-order valence-corrected chi connectivity index (χ4v) is 19.6. The van der Waals surface area contributed by atoms with E-state index in [-0.39, 0.29) is 0 Å². The number of hydrogen-bond donors (Lipinski definition) is 0. The van der Waals surface area contributed by atoms with Crippen molar-refractivity contribution in [3.63, 3.8) is 0 Å². The lowest BCUT2D eigenvalue weighted by Gasteiger charge is -2.28. The summed E-state index contributed by atoms with van der Waals surface area (Å²) in [6.07, 6.45) is 0. The lowest BCUT2D eigenvalue weighted by Crippen LogP contribution is -2.12. The first kappa shape index (κ1) is 82.4. The highest BCUT2D eigenvalue weighted by Gasteiger charge is 2.23. The molecule has 24 aromatic carbocycles. The van der Waals surface area contributed by atoms with Crippen LogP contribution in [0.1, 0.15) is 5.56 Å². The molecule has 0 aliphatic heterocycles. The summed E-state index contributed by atoms with van der Waals surface area (Å²) < 4.78 is 0. The zero-order valence-electron chi connectivity index (χ0n) is 75.2. The summed E-state index contributed by atoms with van der Waals surface area (Å²) in [7, 11) is 6.46. The fourth-order valence-electron chi connectivity index (χ4n) is 19.6. The SMILES string of the molecule is CN(c1ccc(N(c2cccc(-c3ccccc3)c2)c2ccc3ccccc3c2)cc1)c1cc2ccccc2c2ccccc12.CN(c1ccc(N(c2cccc(-c3ccccc3)c2)c2ccc3ccccc3c2)cc1)c1ccc2c3cccc4cccc(c5cccc1c52)c43.Cc1ccc(N(C)c2ccc(N(c3cccc(-c4ccccc4)c3)c3ccc4ccccc4c3)cc2)cc1. The van der Waals surface area contributed by atoms with Crippen LogP contribution in [0.3, 0.4) is 0 Å². The second kappa shape index (κ2) is 36.3. The molecule has 134 heavy (non-hydrogen) atoms. The monoisotopic (exact) mass is 1720 g/mol. The first-order valence-electron chi connectivity index (χ1n) is 46.0. The maximum Gasteiger partial charge on any atom is 0.0494 e. The molecule has 0 saturated heterocycles. The van der Waals surface area contributed by atoms with E-state index in [4.69, 9.17) is 0 Å². The van der Waals surface area contributed by atoms with Crippen LogP contribution in [0.25, 0.3) is 130 Å². The molecule has 0 atom stereocenters. The molecule has 0 saturated carbocycles. The van der Waals surface area contributed by atoms with Gasteiger partial charge in [-0.1, -0.05) is 345 Å². The van der Waals surface area contributed by atoms with Crippen molar-refractivity contribution in [2.75, 3.05) is 50.5 Å². The van der Waals surface area contributed by atoms with Crippen LogP contribution in [0.2, 0.25) is 0 Å². The fraction of sp³-hybridized carbons (Fsp3) is 0.0312. The largest absolute Gasteiger partial charge is 0.345 e. The van der Waals surface area contributed by atoms with Crippen LogP contribution in [0.15, 0.2) is 510 Å². The molecule has 24 rings (SSSR count). The van der Waals surface area contributed by atoms with Gasteiger partial charge in [-0.15, -0.1) is 0 Å². The van der Waals surface area contributed by atoms with E-state index in [0.717, 1.165) is 68.2 Å². The molecule has 0 aliphatic rings. The van der Waals surface area contributed by atoms with Gasteiger partial charge in [0.2, 0.25) is 0 Å². The third kappa shape index (κ3) is 16.3. The Balaban J connectivity index is 0.000000118. The molecule has 6 nitrogen and oxygen atoms in total. The second-order valence-corrected chi connectivity index (χ2v) is 34.6. The van der Waals surface area contributed by atoms with Crippen LogP contribution in [0.5, 0.6) is 0 Å². The van der Waals surface area contributed by atoms with Gasteiger partial charge >= 0.3 is 0 Å². The summed E-state index contributed by atoms with van der Waals surface area (Å²) >= 11 is 0. The Morgan fingerprint density at radius 2 is 0.410 bits per heavy atom. The van der Waals surface area contributed by atoms with Crippen molar-refractivity contribution < 1.29 is 0 Å². The van der Waals surface area contributed by atoms with Crippen LogP contribution in [0.4, 0.5) is 85.3 Å². The van der Waals surface area contributed by atoms with Gasteiger partial charge in [-0.05, 0) is 296 Å². The molecule has 0 bridgehead atoms. The van der Waals surface area contributed by atoms with Gasteiger partial charge in [0.15, 0.2) is 0 Å². The highest BCUT2D eigenvalue weighted by atomic mass is 15.2. The number of aryl methyl sites for hydroxylation is 1. The summed E-state index contributed by atoms with van der Waals surface area (Å²) in [6, 6.07) is 184. The number of fused-ring (bicyclic) bond motifs is 8. The van der Waals surface area contributed by atoms with Crippen LogP contribution in [-0.4, -0.2) is 21.1 Å². The molecule has 24 aromatic rings. The van der Waals surface area contributed by atoms with Crippen molar-refractivity contribution >= 4 is 182 Å². The minimum absolute atomic E-state index is 1.11. The highest BCUT2D eigenvalue weighted by molar-refractivity contribution is 6.34. The Kier molecular flexibility index (Phi) is 22.3. The Morgan fingerprint density at radius 1 is 0.134 bits per heavy atom. The number of benzene rings is 24. The molecule has 0 fully saturated rings. The highest BCUT2D eigenvalue weighted by Crippen LogP contribution is 2.48. The minimum atomic E-state index is 1.11. The number of hydrogen-bond acceptors (Lipinski definition) is 6. The lowest BCUT2D eigenvalue weighted by atomic mass is 9.89. The molecule has 638 valence electrons. The van der Waals surface area contributed by atoms with E-state index in [9.17, 15) is 0 Å². The zero-order valence-corrected chi connectivity index (χ0v) is 75.2. The average molecular weight is 1720 g/mol. The summed E-state index contributed by atoms with van der Waals surface area (Å²) in [4.78, 5) is 13.9. The van der Waals surface area contributed by atoms with Gasteiger partial charge in [0, 0.05) is 117 Å². The molecule has 0 aromatic heterocycles. The van der Waals surface area contributed by atoms with E-state index in [1.54, 1.807) is 0 Å². The van der Waals surface area contributed by atoms with E-state index in [0.29, 0.717) is 0 Å². The molecule has 0 heterocycles. The summed E-state index contributed by atoms with van der Waals surface area (Å²) in [5, 5.41) is 22.9. The van der Waals surface area contributed by atoms with Crippen molar-refractivity contribution in [1.29, 1.82) is 0 Å². The van der Waals surface area contributed by atoms with E-state index < -0.39 is 0 Å². The topological polar surface area (TPSA) is 19.4 Å². The van der Waals surface area contributed by atoms with Crippen molar-refractivity contribution in [1.82, 2.24) is 0 Å². The van der Waals surface area contributed by atoms with Crippen molar-refractivity contribution in [2.24, 2.45) is 0 Å². The predicted molar refractivity (Wildman–Crippen MR) is 577 cm³/mol. The van der Waals surface area contributed by atoms with E-state index in [1.807, 2.05) is 0 Å². The van der Waals surface area contributed by atoms with Crippen molar-refractivity contribution in [3.8, 4) is 33.4 Å². The molecule has 0 unspecified atom stereocenters. The van der Waals surface area contributed by atoms with Crippen molar-refractivity contribution in [2.45, 2.75) is 6.92 Å². The normalized spacial score (nSPS) is 11.3. The predicted octanol–water partition coefficient (Wildman–Crippen LogP) is 35.9. The number of rotatable bonds is 18.